The lowest BCUT2D eigenvalue weighted by atomic mass is 9.70. The van der Waals surface area contributed by atoms with Crippen molar-refractivity contribution in [2.75, 3.05) is 11.9 Å². The molecule has 2 aliphatic heterocycles. The molecule has 0 radical (unpaired) electrons. The van der Waals surface area contributed by atoms with Gasteiger partial charge in [0.1, 0.15) is 39.8 Å². The zero-order valence-corrected chi connectivity index (χ0v) is 21.1. The van der Waals surface area contributed by atoms with Crippen LogP contribution in [0.3, 0.4) is 0 Å². The monoisotopic (exact) mass is 520 g/mol. The number of phenols is 2. The molecule has 9 nitrogen and oxygen atoms in total. The maximum atomic E-state index is 13.8. The van der Waals surface area contributed by atoms with E-state index in [0.717, 1.165) is 6.08 Å². The van der Waals surface area contributed by atoms with Crippen molar-refractivity contribution in [3.8, 4) is 17.2 Å². The van der Waals surface area contributed by atoms with Crippen molar-refractivity contribution in [2.45, 2.75) is 45.4 Å². The third kappa shape index (κ3) is 3.43. The summed E-state index contributed by atoms with van der Waals surface area (Å²) in [6.07, 6.45) is 1.42. The molecule has 2 heterocycles. The molecular formula is C28H25FN2O7. The zero-order valence-electron chi connectivity index (χ0n) is 21.1. The Morgan fingerprint density at radius 3 is 2.58 bits per heavy atom. The number of halogens is 1. The molecular weight excluding hydrogens is 495 g/mol. The fraction of sp³-hybridized carbons (Fsp3) is 0.286. The summed E-state index contributed by atoms with van der Waals surface area (Å²) in [5, 5.41) is 27.1. The molecule has 196 valence electrons. The van der Waals surface area contributed by atoms with Gasteiger partial charge in [-0.3, -0.25) is 19.2 Å². The number of phenolic OH excluding ortho intramolecular Hbond substituents is 2. The van der Waals surface area contributed by atoms with E-state index in [4.69, 9.17) is 4.74 Å². The van der Waals surface area contributed by atoms with Crippen LogP contribution in [0.5, 0.6) is 17.2 Å². The molecule has 0 fully saturated rings. The van der Waals surface area contributed by atoms with E-state index < -0.39 is 46.0 Å². The molecule has 1 amide bonds. The number of rotatable bonds is 5. The summed E-state index contributed by atoms with van der Waals surface area (Å²) in [4.78, 5) is 51.6. The lowest BCUT2D eigenvalue weighted by Gasteiger charge is -2.29. The van der Waals surface area contributed by atoms with Crippen LogP contribution in [0.1, 0.15) is 60.2 Å². The molecule has 1 unspecified atom stereocenters. The summed E-state index contributed by atoms with van der Waals surface area (Å²) in [5.74, 6) is -4.19. The number of fused-ring (bicyclic) bond motifs is 4. The van der Waals surface area contributed by atoms with Gasteiger partial charge in [0.05, 0.1) is 17.1 Å². The largest absolute Gasteiger partial charge is 0.507 e. The highest BCUT2D eigenvalue weighted by Crippen LogP contribution is 2.57. The fourth-order valence-corrected chi connectivity index (χ4v) is 5.44. The van der Waals surface area contributed by atoms with E-state index in [0.29, 0.717) is 11.3 Å². The number of hydrogen-bond acceptors (Lipinski definition) is 8. The smallest absolute Gasteiger partial charge is 0.232 e. The highest BCUT2D eigenvalue weighted by atomic mass is 19.1. The van der Waals surface area contributed by atoms with Crippen LogP contribution < -0.4 is 15.4 Å². The highest BCUT2D eigenvalue weighted by molar-refractivity contribution is 6.31. The molecule has 2 atom stereocenters. The van der Waals surface area contributed by atoms with Crippen molar-refractivity contribution in [1.29, 1.82) is 0 Å². The molecule has 0 bridgehead atoms. The Balaban J connectivity index is 1.47. The van der Waals surface area contributed by atoms with E-state index in [1.165, 1.54) is 39.0 Å². The van der Waals surface area contributed by atoms with Crippen molar-refractivity contribution in [2.24, 2.45) is 0 Å². The predicted octanol–water partition coefficient (Wildman–Crippen LogP) is 3.42. The summed E-state index contributed by atoms with van der Waals surface area (Å²) in [7, 11) is 0. The lowest BCUT2D eigenvalue weighted by molar-refractivity contribution is -0.123. The molecule has 10 heteroatoms. The number of nitrogens with one attached hydrogen (secondary N) is 2. The topological polar surface area (TPSA) is 142 Å². The quantitative estimate of drug-likeness (QED) is 0.267. The summed E-state index contributed by atoms with van der Waals surface area (Å²) in [5.41, 5.74) is -0.596. The predicted molar refractivity (Wildman–Crippen MR) is 134 cm³/mol. The minimum absolute atomic E-state index is 0.00769. The third-order valence-electron chi connectivity index (χ3n) is 7.55. The molecule has 38 heavy (non-hydrogen) atoms. The van der Waals surface area contributed by atoms with Gasteiger partial charge in [-0.1, -0.05) is 0 Å². The number of ether oxygens (including phenoxy) is 1. The number of carbonyl (C=O) groups is 4. The zero-order chi connectivity index (χ0) is 27.7. The van der Waals surface area contributed by atoms with Gasteiger partial charge in [0.15, 0.2) is 17.3 Å². The van der Waals surface area contributed by atoms with E-state index in [-0.39, 0.29) is 58.3 Å². The Morgan fingerprint density at radius 2 is 1.89 bits per heavy atom. The van der Waals surface area contributed by atoms with Crippen molar-refractivity contribution in [1.82, 2.24) is 5.32 Å². The van der Waals surface area contributed by atoms with E-state index in [1.54, 1.807) is 6.92 Å². The second-order valence-electron chi connectivity index (χ2n) is 9.88. The van der Waals surface area contributed by atoms with Crippen LogP contribution in [0.2, 0.25) is 0 Å². The molecule has 0 aromatic heterocycles. The maximum Gasteiger partial charge on any atom is 0.232 e. The van der Waals surface area contributed by atoms with Crippen molar-refractivity contribution in [3.63, 3.8) is 0 Å². The Bertz CT molecular complexity index is 1550. The maximum absolute atomic E-state index is 13.8. The van der Waals surface area contributed by atoms with E-state index in [1.807, 2.05) is 0 Å². The number of carbonyl (C=O) groups excluding carboxylic acids is 4. The molecule has 3 aliphatic rings. The van der Waals surface area contributed by atoms with Gasteiger partial charge >= 0.3 is 0 Å². The molecule has 0 saturated carbocycles. The Kier molecular flexibility index (Phi) is 5.66. The first-order valence-electron chi connectivity index (χ1n) is 12.0. The van der Waals surface area contributed by atoms with Gasteiger partial charge in [-0.25, -0.2) is 4.39 Å². The molecule has 4 N–H and O–H groups in total. The minimum Gasteiger partial charge on any atom is -0.507 e. The molecule has 0 saturated heterocycles. The second kappa shape index (κ2) is 8.54. The van der Waals surface area contributed by atoms with Crippen LogP contribution in [0.15, 0.2) is 41.3 Å². The number of Topliss-reactive ketones (excluding diaryl/α,β-unsaturated/α-hetero) is 2. The van der Waals surface area contributed by atoms with Gasteiger partial charge in [-0.2, -0.15) is 0 Å². The molecule has 5 rings (SSSR count). The van der Waals surface area contributed by atoms with Gasteiger partial charge in [0, 0.05) is 29.6 Å². The van der Waals surface area contributed by atoms with Crippen LogP contribution in [0.25, 0.3) is 0 Å². The Morgan fingerprint density at radius 1 is 1.18 bits per heavy atom. The van der Waals surface area contributed by atoms with Gasteiger partial charge in [0.25, 0.3) is 0 Å². The van der Waals surface area contributed by atoms with Crippen LogP contribution in [-0.4, -0.2) is 40.0 Å². The summed E-state index contributed by atoms with van der Waals surface area (Å²) in [6, 6.07) is 4.08. The number of ketones is 3. The van der Waals surface area contributed by atoms with Crippen molar-refractivity contribution in [3.05, 3.63) is 69.4 Å². The van der Waals surface area contributed by atoms with Crippen molar-refractivity contribution < 1.29 is 38.5 Å². The van der Waals surface area contributed by atoms with E-state index >= 15 is 0 Å². The summed E-state index contributed by atoms with van der Waals surface area (Å²) < 4.78 is 19.5. The van der Waals surface area contributed by atoms with Crippen LogP contribution in [-0.2, 0) is 19.8 Å². The standard InChI is InChI=1S/C28H25FN2O7/c1-11-23(34)21(13(3)32)25-22(24(11)35)28(4)19(38-25)10-18(33)20(26(28)36)12(2)30-8-7-15-16-9-14(29)5-6-17(16)31-27(15)37/h5-6,9-10,15,30,34-35H,7-8H2,1-4H3,(H,31,37)/b20-12+/t15?,28-/m0/s1. The van der Waals surface area contributed by atoms with E-state index in [9.17, 15) is 33.8 Å². The molecule has 2 aromatic rings. The Labute approximate surface area is 217 Å². The third-order valence-corrected chi connectivity index (χ3v) is 7.55. The molecule has 1 aliphatic carbocycles. The van der Waals surface area contributed by atoms with Crippen LogP contribution in [0.4, 0.5) is 10.1 Å². The number of benzene rings is 2. The first kappa shape index (κ1) is 25.2. The Hall–Kier alpha value is -4.47. The average Bonchev–Trinajstić information content (AvgIpc) is 3.31. The molecule has 0 spiro atoms. The number of anilines is 1. The fourth-order valence-electron chi connectivity index (χ4n) is 5.44. The SMILES string of the molecule is CC(=O)c1c(O)c(C)c(O)c2c1OC1=CC(=O)/C(=C(/C)NCCC3C(=O)Nc4ccc(F)cc43)C(=O)[C@@]12C. The first-order chi connectivity index (χ1) is 17.9. The average molecular weight is 521 g/mol. The van der Waals surface area contributed by atoms with Gasteiger partial charge in [-0.05, 0) is 57.9 Å². The van der Waals surface area contributed by atoms with Crippen LogP contribution >= 0.6 is 0 Å². The first-order valence-corrected chi connectivity index (χ1v) is 12.0. The minimum atomic E-state index is -1.62. The highest BCUT2D eigenvalue weighted by Gasteiger charge is 2.56. The van der Waals surface area contributed by atoms with Crippen LogP contribution in [0, 0.1) is 12.7 Å². The molecule has 2 aromatic carbocycles. The second-order valence-corrected chi connectivity index (χ2v) is 9.88. The van der Waals surface area contributed by atoms with Gasteiger partial charge < -0.3 is 25.6 Å². The van der Waals surface area contributed by atoms with Gasteiger partial charge in [0.2, 0.25) is 5.91 Å². The normalized spacial score (nSPS) is 22.7. The van der Waals surface area contributed by atoms with Crippen molar-refractivity contribution >= 4 is 28.9 Å². The number of allylic oxidation sites excluding steroid dienone is 4. The van der Waals surface area contributed by atoms with E-state index in [2.05, 4.69) is 10.6 Å². The number of aromatic hydroxyl groups is 2. The number of amides is 1. The number of hydrogen-bond donors (Lipinski definition) is 4. The lowest BCUT2D eigenvalue weighted by Crippen LogP contribution is -2.41. The van der Waals surface area contributed by atoms with Gasteiger partial charge in [-0.15, -0.1) is 0 Å². The summed E-state index contributed by atoms with van der Waals surface area (Å²) >= 11 is 0. The summed E-state index contributed by atoms with van der Waals surface area (Å²) in [6.45, 7) is 5.87.